The maximum Gasteiger partial charge on any atom is 0.129 e. The van der Waals surface area contributed by atoms with Crippen molar-refractivity contribution < 1.29 is 9.50 Å². The first-order chi connectivity index (χ1) is 8.61. The standard InChI is InChI=1S/C13H14ClFN2O/c1-2-13(18)9-6-16-17(7-9)8-10-11(14)4-3-5-12(10)15/h3-7,13,18H,2,8H2,1H3. The molecule has 3 nitrogen and oxygen atoms in total. The van der Waals surface area contributed by atoms with Crippen molar-refractivity contribution in [3.05, 3.63) is 52.6 Å². The van der Waals surface area contributed by atoms with Crippen molar-refractivity contribution in [1.82, 2.24) is 9.78 Å². The van der Waals surface area contributed by atoms with Crippen LogP contribution < -0.4 is 0 Å². The van der Waals surface area contributed by atoms with Gasteiger partial charge < -0.3 is 5.11 Å². The number of aliphatic hydroxyl groups is 1. The summed E-state index contributed by atoms with van der Waals surface area (Å²) in [5.74, 6) is -0.351. The number of nitrogens with zero attached hydrogens (tertiary/aromatic N) is 2. The molecule has 1 aromatic heterocycles. The number of aliphatic hydroxyl groups excluding tert-OH is 1. The Morgan fingerprint density at radius 1 is 1.50 bits per heavy atom. The topological polar surface area (TPSA) is 38.1 Å². The van der Waals surface area contributed by atoms with Gasteiger partial charge in [-0.3, -0.25) is 4.68 Å². The number of halogens is 2. The Kier molecular flexibility index (Phi) is 3.99. The summed E-state index contributed by atoms with van der Waals surface area (Å²) in [6.45, 7) is 2.14. The summed E-state index contributed by atoms with van der Waals surface area (Å²) < 4.78 is 15.2. The third-order valence-corrected chi connectivity index (χ3v) is 3.16. The molecule has 0 spiro atoms. The van der Waals surface area contributed by atoms with E-state index in [0.29, 0.717) is 17.0 Å². The predicted molar refractivity (Wildman–Crippen MR) is 68.0 cm³/mol. The van der Waals surface area contributed by atoms with Gasteiger partial charge in [0.2, 0.25) is 0 Å². The lowest BCUT2D eigenvalue weighted by molar-refractivity contribution is 0.173. The van der Waals surface area contributed by atoms with Gasteiger partial charge in [-0.1, -0.05) is 24.6 Å². The fraction of sp³-hybridized carbons (Fsp3) is 0.308. The van der Waals surface area contributed by atoms with E-state index in [0.717, 1.165) is 5.56 Å². The second-order valence-electron chi connectivity index (χ2n) is 4.10. The van der Waals surface area contributed by atoms with Gasteiger partial charge in [0.1, 0.15) is 5.82 Å². The Balaban J connectivity index is 2.21. The van der Waals surface area contributed by atoms with Gasteiger partial charge in [0.25, 0.3) is 0 Å². The predicted octanol–water partition coefficient (Wildman–Crippen LogP) is 3.17. The lowest BCUT2D eigenvalue weighted by Gasteiger charge is -2.06. The number of hydrogen-bond acceptors (Lipinski definition) is 2. The van der Waals surface area contributed by atoms with Crippen LogP contribution in [0.4, 0.5) is 4.39 Å². The molecule has 0 amide bonds. The molecule has 1 unspecified atom stereocenters. The van der Waals surface area contributed by atoms with Gasteiger partial charge in [-0.25, -0.2) is 4.39 Å². The number of benzene rings is 1. The zero-order valence-corrected chi connectivity index (χ0v) is 10.7. The molecule has 0 radical (unpaired) electrons. The highest BCUT2D eigenvalue weighted by Crippen LogP contribution is 2.21. The molecule has 1 heterocycles. The summed E-state index contributed by atoms with van der Waals surface area (Å²) in [4.78, 5) is 0. The molecule has 96 valence electrons. The SMILES string of the molecule is CCC(O)c1cnn(Cc2c(F)cccc2Cl)c1. The molecular formula is C13H14ClFN2O. The van der Waals surface area contributed by atoms with Gasteiger partial charge in [-0.15, -0.1) is 0 Å². The highest BCUT2D eigenvalue weighted by atomic mass is 35.5. The first kappa shape index (κ1) is 13.1. The fourth-order valence-corrected chi connectivity index (χ4v) is 1.94. The molecule has 0 aliphatic heterocycles. The summed E-state index contributed by atoms with van der Waals surface area (Å²) in [6, 6.07) is 4.58. The van der Waals surface area contributed by atoms with E-state index in [1.165, 1.54) is 6.07 Å². The third-order valence-electron chi connectivity index (χ3n) is 2.81. The first-order valence-corrected chi connectivity index (χ1v) is 6.13. The van der Waals surface area contributed by atoms with Crippen molar-refractivity contribution in [2.24, 2.45) is 0 Å². The van der Waals surface area contributed by atoms with Gasteiger partial charge in [-0.2, -0.15) is 5.10 Å². The van der Waals surface area contributed by atoms with Crippen molar-refractivity contribution in [3.63, 3.8) is 0 Å². The van der Waals surface area contributed by atoms with Crippen molar-refractivity contribution in [1.29, 1.82) is 0 Å². The zero-order chi connectivity index (χ0) is 13.1. The molecule has 0 aliphatic carbocycles. The Morgan fingerprint density at radius 3 is 2.94 bits per heavy atom. The van der Waals surface area contributed by atoms with E-state index in [1.54, 1.807) is 29.2 Å². The molecule has 1 N–H and O–H groups in total. The van der Waals surface area contributed by atoms with Crippen LogP contribution in [0.15, 0.2) is 30.6 Å². The molecule has 0 bridgehead atoms. The summed E-state index contributed by atoms with van der Waals surface area (Å²) in [6.07, 6.45) is 3.38. The fourth-order valence-electron chi connectivity index (χ4n) is 1.72. The first-order valence-electron chi connectivity index (χ1n) is 5.75. The largest absolute Gasteiger partial charge is 0.388 e. The van der Waals surface area contributed by atoms with E-state index < -0.39 is 6.10 Å². The van der Waals surface area contributed by atoms with E-state index in [1.807, 2.05) is 6.92 Å². The average Bonchev–Trinajstić information content (AvgIpc) is 2.81. The van der Waals surface area contributed by atoms with Crippen LogP contribution in [-0.4, -0.2) is 14.9 Å². The minimum absolute atomic E-state index is 0.252. The number of aromatic nitrogens is 2. The average molecular weight is 269 g/mol. The van der Waals surface area contributed by atoms with Crippen molar-refractivity contribution >= 4 is 11.6 Å². The molecule has 5 heteroatoms. The minimum atomic E-state index is -0.533. The minimum Gasteiger partial charge on any atom is -0.388 e. The second-order valence-corrected chi connectivity index (χ2v) is 4.50. The molecule has 2 aromatic rings. The van der Waals surface area contributed by atoms with Crippen LogP contribution in [0.5, 0.6) is 0 Å². The molecule has 0 saturated heterocycles. The number of rotatable bonds is 4. The molecule has 2 rings (SSSR count). The molecule has 1 atom stereocenters. The molecular weight excluding hydrogens is 255 g/mol. The zero-order valence-electron chi connectivity index (χ0n) is 9.98. The number of hydrogen-bond donors (Lipinski definition) is 1. The van der Waals surface area contributed by atoms with Crippen LogP contribution in [0.3, 0.4) is 0 Å². The van der Waals surface area contributed by atoms with E-state index in [4.69, 9.17) is 11.6 Å². The molecule has 18 heavy (non-hydrogen) atoms. The normalized spacial score (nSPS) is 12.7. The lowest BCUT2D eigenvalue weighted by atomic mass is 10.1. The summed E-state index contributed by atoms with van der Waals surface area (Å²) >= 11 is 5.95. The second kappa shape index (κ2) is 5.50. The van der Waals surface area contributed by atoms with E-state index in [9.17, 15) is 9.50 Å². The van der Waals surface area contributed by atoms with Gasteiger partial charge in [0, 0.05) is 22.3 Å². The Bertz CT molecular complexity index is 521. The smallest absolute Gasteiger partial charge is 0.129 e. The molecule has 0 saturated carbocycles. The Labute approximate surface area is 110 Å². The van der Waals surface area contributed by atoms with Crippen molar-refractivity contribution in [2.75, 3.05) is 0 Å². The maximum absolute atomic E-state index is 13.6. The van der Waals surface area contributed by atoms with Crippen molar-refractivity contribution in [3.8, 4) is 0 Å². The van der Waals surface area contributed by atoms with E-state index in [2.05, 4.69) is 5.10 Å². The highest BCUT2D eigenvalue weighted by molar-refractivity contribution is 6.31. The van der Waals surface area contributed by atoms with E-state index >= 15 is 0 Å². The summed E-state index contributed by atoms with van der Waals surface area (Å²) in [7, 11) is 0. The maximum atomic E-state index is 13.6. The third kappa shape index (κ3) is 2.71. The van der Waals surface area contributed by atoms with Crippen LogP contribution >= 0.6 is 11.6 Å². The van der Waals surface area contributed by atoms with Crippen LogP contribution in [0, 0.1) is 5.82 Å². The molecule has 0 fully saturated rings. The van der Waals surface area contributed by atoms with Gasteiger partial charge in [0.15, 0.2) is 0 Å². The quantitative estimate of drug-likeness (QED) is 0.925. The van der Waals surface area contributed by atoms with Crippen LogP contribution in [0.2, 0.25) is 5.02 Å². The Hall–Kier alpha value is -1.39. The Morgan fingerprint density at radius 2 is 2.28 bits per heavy atom. The van der Waals surface area contributed by atoms with Crippen LogP contribution in [0.25, 0.3) is 0 Å². The molecule has 0 aliphatic rings. The summed E-state index contributed by atoms with van der Waals surface area (Å²) in [5.41, 5.74) is 1.13. The van der Waals surface area contributed by atoms with Gasteiger partial charge in [0.05, 0.1) is 18.8 Å². The highest BCUT2D eigenvalue weighted by Gasteiger charge is 2.11. The van der Waals surface area contributed by atoms with Gasteiger partial charge in [-0.05, 0) is 18.6 Å². The van der Waals surface area contributed by atoms with Crippen LogP contribution in [-0.2, 0) is 6.54 Å². The lowest BCUT2D eigenvalue weighted by Crippen LogP contribution is -2.03. The molecule has 1 aromatic carbocycles. The van der Waals surface area contributed by atoms with Crippen molar-refractivity contribution in [2.45, 2.75) is 26.0 Å². The summed E-state index contributed by atoms with van der Waals surface area (Å²) in [5, 5.41) is 14.1. The monoisotopic (exact) mass is 268 g/mol. The van der Waals surface area contributed by atoms with Gasteiger partial charge >= 0.3 is 0 Å². The van der Waals surface area contributed by atoms with E-state index in [-0.39, 0.29) is 12.4 Å². The van der Waals surface area contributed by atoms with Crippen LogP contribution in [0.1, 0.15) is 30.6 Å².